The van der Waals surface area contributed by atoms with Crippen LogP contribution in [0.4, 0.5) is 0 Å². The molecule has 0 saturated carbocycles. The lowest BCUT2D eigenvalue weighted by molar-refractivity contribution is 0.448. The molecule has 1 heterocycles. The molecule has 5 heteroatoms. The standard InChI is InChI=1S/C11H9NO.BH3O2/c1-2-6-10(7-3-1)13-11-8-4-5-9-12-11;2-1-3/h1-9H;1-3H. The van der Waals surface area contributed by atoms with Crippen molar-refractivity contribution in [2.45, 2.75) is 0 Å². The Kier molecular flexibility index (Phi) is 5.69. The van der Waals surface area contributed by atoms with E-state index in [4.69, 9.17) is 14.8 Å². The van der Waals surface area contributed by atoms with Crippen LogP contribution in [0.25, 0.3) is 0 Å². The first-order valence-electron chi connectivity index (χ1n) is 4.72. The zero-order chi connectivity index (χ0) is 11.6. The van der Waals surface area contributed by atoms with Crippen molar-refractivity contribution in [1.29, 1.82) is 0 Å². The molecule has 0 aliphatic heterocycles. The van der Waals surface area contributed by atoms with Gasteiger partial charge in [-0.1, -0.05) is 24.3 Å². The van der Waals surface area contributed by atoms with Crippen LogP contribution < -0.4 is 4.74 Å². The number of aromatic nitrogens is 1. The summed E-state index contributed by atoms with van der Waals surface area (Å²) in [5.41, 5.74) is 0. The molecule has 0 bridgehead atoms. The lowest BCUT2D eigenvalue weighted by atomic mass is 10.3. The summed E-state index contributed by atoms with van der Waals surface area (Å²) in [7, 11) is -0.750. The topological polar surface area (TPSA) is 62.6 Å². The van der Waals surface area contributed by atoms with Crippen LogP contribution in [0.5, 0.6) is 11.6 Å². The molecule has 16 heavy (non-hydrogen) atoms. The number of para-hydroxylation sites is 1. The highest BCUT2D eigenvalue weighted by atomic mass is 16.5. The summed E-state index contributed by atoms with van der Waals surface area (Å²) in [4.78, 5) is 4.05. The molecule has 0 fully saturated rings. The summed E-state index contributed by atoms with van der Waals surface area (Å²) in [5, 5.41) is 14.2. The van der Waals surface area contributed by atoms with E-state index in [1.54, 1.807) is 6.20 Å². The Labute approximate surface area is 94.5 Å². The molecule has 2 N–H and O–H groups in total. The van der Waals surface area contributed by atoms with Crippen LogP contribution in [0.3, 0.4) is 0 Å². The molecule has 1 aromatic heterocycles. The van der Waals surface area contributed by atoms with Crippen molar-refractivity contribution in [1.82, 2.24) is 4.98 Å². The zero-order valence-corrected chi connectivity index (χ0v) is 8.65. The Morgan fingerprint density at radius 3 is 2.12 bits per heavy atom. The Balaban J connectivity index is 0.000000386. The van der Waals surface area contributed by atoms with Crippen LogP contribution in [0, 0.1) is 0 Å². The molecule has 0 radical (unpaired) electrons. The Bertz CT molecular complexity index is 345. The summed E-state index contributed by atoms with van der Waals surface area (Å²) >= 11 is 0. The highest BCUT2D eigenvalue weighted by molar-refractivity contribution is 6.13. The van der Waals surface area contributed by atoms with Gasteiger partial charge < -0.3 is 14.8 Å². The summed E-state index contributed by atoms with van der Waals surface area (Å²) < 4.78 is 5.47. The number of rotatable bonds is 2. The maximum absolute atomic E-state index is 7.12. The molecule has 0 atom stereocenters. The molecule has 0 amide bonds. The summed E-state index contributed by atoms with van der Waals surface area (Å²) in [6, 6.07) is 15.2. The van der Waals surface area contributed by atoms with Gasteiger partial charge >= 0.3 is 7.69 Å². The first kappa shape index (κ1) is 12.2. The molecule has 0 aliphatic carbocycles. The second-order valence-corrected chi connectivity index (χ2v) is 2.72. The van der Waals surface area contributed by atoms with Gasteiger partial charge in [0.2, 0.25) is 5.88 Å². The van der Waals surface area contributed by atoms with E-state index in [-0.39, 0.29) is 0 Å². The van der Waals surface area contributed by atoms with Crippen LogP contribution in [-0.2, 0) is 0 Å². The van der Waals surface area contributed by atoms with Gasteiger partial charge in [-0.2, -0.15) is 0 Å². The van der Waals surface area contributed by atoms with Crippen LogP contribution in [0.15, 0.2) is 54.7 Å². The van der Waals surface area contributed by atoms with Gasteiger partial charge in [0, 0.05) is 12.3 Å². The zero-order valence-electron chi connectivity index (χ0n) is 8.65. The minimum absolute atomic E-state index is 0.619. The highest BCUT2D eigenvalue weighted by Crippen LogP contribution is 2.17. The van der Waals surface area contributed by atoms with Crippen molar-refractivity contribution in [2.24, 2.45) is 0 Å². The maximum Gasteiger partial charge on any atom is 0.432 e. The minimum Gasteiger partial charge on any atom is -0.439 e. The fourth-order valence-electron chi connectivity index (χ4n) is 1.02. The largest absolute Gasteiger partial charge is 0.439 e. The third kappa shape index (κ3) is 4.59. The van der Waals surface area contributed by atoms with E-state index in [0.717, 1.165) is 5.75 Å². The van der Waals surface area contributed by atoms with Crippen LogP contribution >= 0.6 is 0 Å². The van der Waals surface area contributed by atoms with E-state index in [1.165, 1.54) is 0 Å². The molecule has 0 aliphatic rings. The van der Waals surface area contributed by atoms with Crippen molar-refractivity contribution in [3.63, 3.8) is 0 Å². The van der Waals surface area contributed by atoms with Gasteiger partial charge in [-0.3, -0.25) is 0 Å². The average Bonchev–Trinajstić information content (AvgIpc) is 2.33. The number of nitrogens with zero attached hydrogens (tertiary/aromatic N) is 1. The van der Waals surface area contributed by atoms with Crippen LogP contribution in [0.1, 0.15) is 0 Å². The molecule has 1 aromatic carbocycles. The fourth-order valence-corrected chi connectivity index (χ4v) is 1.02. The predicted octanol–water partition coefficient (Wildman–Crippen LogP) is 1.11. The van der Waals surface area contributed by atoms with Gasteiger partial charge in [-0.15, -0.1) is 0 Å². The molecule has 0 spiro atoms. The van der Waals surface area contributed by atoms with E-state index in [9.17, 15) is 0 Å². The second-order valence-electron chi connectivity index (χ2n) is 2.72. The van der Waals surface area contributed by atoms with E-state index in [2.05, 4.69) is 4.98 Å². The molecule has 2 rings (SSSR count). The normalized spacial score (nSPS) is 8.62. The maximum atomic E-state index is 7.12. The number of ether oxygens (including phenoxy) is 1. The van der Waals surface area contributed by atoms with Crippen molar-refractivity contribution in [3.05, 3.63) is 54.7 Å². The number of pyridine rings is 1. The van der Waals surface area contributed by atoms with Gasteiger partial charge in [-0.25, -0.2) is 4.98 Å². The van der Waals surface area contributed by atoms with Gasteiger partial charge in [0.25, 0.3) is 0 Å². The van der Waals surface area contributed by atoms with E-state index in [1.807, 2.05) is 48.5 Å². The van der Waals surface area contributed by atoms with Crippen molar-refractivity contribution >= 4 is 7.69 Å². The monoisotopic (exact) mass is 217 g/mol. The van der Waals surface area contributed by atoms with E-state index in [0.29, 0.717) is 5.88 Å². The predicted molar refractivity (Wildman–Crippen MR) is 62.3 cm³/mol. The van der Waals surface area contributed by atoms with Gasteiger partial charge in [-0.05, 0) is 18.2 Å². The third-order valence-corrected chi connectivity index (χ3v) is 1.60. The molecular weight excluding hydrogens is 205 g/mol. The number of hydrogen-bond donors (Lipinski definition) is 2. The first-order valence-corrected chi connectivity index (χ1v) is 4.72. The lowest BCUT2D eigenvalue weighted by Gasteiger charge is -2.02. The molecule has 0 unspecified atom stereocenters. The Morgan fingerprint density at radius 2 is 1.56 bits per heavy atom. The van der Waals surface area contributed by atoms with Crippen molar-refractivity contribution in [2.75, 3.05) is 0 Å². The van der Waals surface area contributed by atoms with E-state index >= 15 is 0 Å². The third-order valence-electron chi connectivity index (χ3n) is 1.60. The van der Waals surface area contributed by atoms with E-state index < -0.39 is 7.69 Å². The summed E-state index contributed by atoms with van der Waals surface area (Å²) in [5.74, 6) is 1.43. The Hall–Kier alpha value is -1.85. The smallest absolute Gasteiger partial charge is 0.432 e. The van der Waals surface area contributed by atoms with Gasteiger partial charge in [0.05, 0.1) is 0 Å². The van der Waals surface area contributed by atoms with Crippen LogP contribution in [0.2, 0.25) is 0 Å². The van der Waals surface area contributed by atoms with Crippen molar-refractivity contribution < 1.29 is 14.8 Å². The quantitative estimate of drug-likeness (QED) is 0.739. The molecule has 82 valence electrons. The summed E-state index contributed by atoms with van der Waals surface area (Å²) in [6.45, 7) is 0. The molecule has 2 aromatic rings. The summed E-state index contributed by atoms with van der Waals surface area (Å²) in [6.07, 6.45) is 1.71. The van der Waals surface area contributed by atoms with Gasteiger partial charge in [0.1, 0.15) is 5.75 Å². The number of benzene rings is 1. The molecule has 0 saturated heterocycles. The van der Waals surface area contributed by atoms with Crippen LogP contribution in [-0.4, -0.2) is 22.7 Å². The molecular formula is C11H12BNO3. The van der Waals surface area contributed by atoms with Gasteiger partial charge in [0.15, 0.2) is 0 Å². The second kappa shape index (κ2) is 7.45. The Morgan fingerprint density at radius 1 is 0.938 bits per heavy atom. The lowest BCUT2D eigenvalue weighted by Crippen LogP contribution is -1.85. The number of hydrogen-bond acceptors (Lipinski definition) is 4. The SMILES string of the molecule is OBO.c1ccc(Oc2ccccn2)cc1. The fraction of sp³-hybridized carbons (Fsp3) is 0. The first-order chi connectivity index (χ1) is 7.86. The molecule has 4 nitrogen and oxygen atoms in total. The minimum atomic E-state index is -0.750. The van der Waals surface area contributed by atoms with Crippen molar-refractivity contribution in [3.8, 4) is 11.6 Å². The highest BCUT2D eigenvalue weighted by Gasteiger charge is 1.93. The average molecular weight is 217 g/mol.